The van der Waals surface area contributed by atoms with Crippen LogP contribution in [0.15, 0.2) is 40.9 Å². The highest BCUT2D eigenvalue weighted by molar-refractivity contribution is 5.95. The Morgan fingerprint density at radius 3 is 2.52 bits per heavy atom. The zero-order valence-electron chi connectivity index (χ0n) is 15.8. The molecule has 1 aliphatic carbocycles. The molecule has 7 nitrogen and oxygen atoms in total. The lowest BCUT2D eigenvalue weighted by Gasteiger charge is -2.36. The van der Waals surface area contributed by atoms with Crippen LogP contribution in [-0.2, 0) is 4.79 Å². The number of carbonyl (C=O) groups is 2. The summed E-state index contributed by atoms with van der Waals surface area (Å²) in [6, 6.07) is 11.0. The number of rotatable bonds is 7. The van der Waals surface area contributed by atoms with Crippen molar-refractivity contribution in [2.24, 2.45) is 0 Å². The van der Waals surface area contributed by atoms with Gasteiger partial charge < -0.3 is 20.1 Å². The second kappa shape index (κ2) is 8.35. The lowest BCUT2D eigenvalue weighted by molar-refractivity contribution is -0.120. The van der Waals surface area contributed by atoms with Gasteiger partial charge in [0, 0.05) is 23.7 Å². The highest BCUT2D eigenvalue weighted by atomic mass is 16.5. The largest absolute Gasteiger partial charge is 0.355 e. The van der Waals surface area contributed by atoms with Gasteiger partial charge in [0.15, 0.2) is 11.5 Å². The maximum atomic E-state index is 12.2. The smallest absolute Gasteiger partial charge is 0.273 e. The molecule has 1 fully saturated rings. The standard InChI is InChI=1S/C20H26N4O3/c1-24(2)20(10-6-7-11-20)14-22-18(25)13-21-19(26)16-12-17(27-23-16)15-8-4-3-5-9-15/h3-5,8-9,12H,6-7,10-11,13-14H2,1-2H3,(H,21,26)(H,22,25). The van der Waals surface area contributed by atoms with Crippen LogP contribution >= 0.6 is 0 Å². The van der Waals surface area contributed by atoms with Gasteiger partial charge in [-0.25, -0.2) is 0 Å². The Bertz CT molecular complexity index is 780. The molecule has 3 rings (SSSR count). The molecule has 0 spiro atoms. The van der Waals surface area contributed by atoms with E-state index in [1.807, 2.05) is 44.4 Å². The fraction of sp³-hybridized carbons (Fsp3) is 0.450. The average molecular weight is 370 g/mol. The average Bonchev–Trinajstić information content (AvgIpc) is 3.35. The Morgan fingerprint density at radius 2 is 1.85 bits per heavy atom. The van der Waals surface area contributed by atoms with Gasteiger partial charge in [0.2, 0.25) is 5.91 Å². The molecule has 1 aromatic carbocycles. The molecule has 1 heterocycles. The van der Waals surface area contributed by atoms with E-state index in [0.717, 1.165) is 18.4 Å². The van der Waals surface area contributed by atoms with Gasteiger partial charge in [-0.15, -0.1) is 0 Å². The molecule has 0 radical (unpaired) electrons. The van der Waals surface area contributed by atoms with Crippen molar-refractivity contribution < 1.29 is 14.1 Å². The van der Waals surface area contributed by atoms with Crippen LogP contribution in [0.3, 0.4) is 0 Å². The molecule has 0 bridgehead atoms. The Balaban J connectivity index is 1.49. The van der Waals surface area contributed by atoms with Gasteiger partial charge in [-0.3, -0.25) is 9.59 Å². The third kappa shape index (κ3) is 4.54. The molecule has 2 aromatic rings. The number of benzene rings is 1. The normalized spacial score (nSPS) is 15.7. The van der Waals surface area contributed by atoms with E-state index in [1.54, 1.807) is 6.07 Å². The number of hydrogen-bond donors (Lipinski definition) is 2. The molecule has 2 amide bonds. The number of carbonyl (C=O) groups excluding carboxylic acids is 2. The number of amides is 2. The fourth-order valence-electron chi connectivity index (χ4n) is 3.51. The van der Waals surface area contributed by atoms with E-state index in [4.69, 9.17) is 4.52 Å². The van der Waals surface area contributed by atoms with Crippen molar-refractivity contribution in [1.82, 2.24) is 20.7 Å². The second-order valence-corrected chi connectivity index (χ2v) is 7.23. The molecule has 0 unspecified atom stereocenters. The minimum atomic E-state index is -0.431. The predicted molar refractivity (Wildman–Crippen MR) is 102 cm³/mol. The number of nitrogens with zero attached hydrogens (tertiary/aromatic N) is 2. The number of likely N-dealkylation sites (N-methyl/N-ethyl adjacent to an activating group) is 1. The molecule has 27 heavy (non-hydrogen) atoms. The first-order valence-electron chi connectivity index (χ1n) is 9.25. The lowest BCUT2D eigenvalue weighted by atomic mass is 9.96. The van der Waals surface area contributed by atoms with Crippen LogP contribution in [0.25, 0.3) is 11.3 Å². The summed E-state index contributed by atoms with van der Waals surface area (Å²) in [7, 11) is 4.10. The van der Waals surface area contributed by atoms with Crippen LogP contribution in [0.1, 0.15) is 36.2 Å². The van der Waals surface area contributed by atoms with Crippen LogP contribution in [0, 0.1) is 0 Å². The van der Waals surface area contributed by atoms with Gasteiger partial charge in [-0.05, 0) is 26.9 Å². The van der Waals surface area contributed by atoms with E-state index in [1.165, 1.54) is 12.8 Å². The molecule has 0 atom stereocenters. The predicted octanol–water partition coefficient (Wildman–Crippen LogP) is 2.06. The molecular formula is C20H26N4O3. The molecule has 1 saturated carbocycles. The summed E-state index contributed by atoms with van der Waals surface area (Å²) in [6.45, 7) is 0.507. The molecule has 144 valence electrons. The number of hydrogen-bond acceptors (Lipinski definition) is 5. The first-order chi connectivity index (χ1) is 13.0. The van der Waals surface area contributed by atoms with Crippen LogP contribution in [0.2, 0.25) is 0 Å². The second-order valence-electron chi connectivity index (χ2n) is 7.23. The monoisotopic (exact) mass is 370 g/mol. The SMILES string of the molecule is CN(C)C1(CNC(=O)CNC(=O)c2cc(-c3ccccc3)on2)CCCC1. The molecule has 0 aliphatic heterocycles. The minimum absolute atomic E-state index is 0.0242. The first kappa shape index (κ1) is 19.1. The number of aromatic nitrogens is 1. The van der Waals surface area contributed by atoms with Crippen molar-refractivity contribution in [2.75, 3.05) is 27.2 Å². The maximum absolute atomic E-state index is 12.2. The third-order valence-electron chi connectivity index (χ3n) is 5.31. The fourth-order valence-corrected chi connectivity index (χ4v) is 3.51. The Morgan fingerprint density at radius 1 is 1.15 bits per heavy atom. The summed E-state index contributed by atoms with van der Waals surface area (Å²) in [5.41, 5.74) is 1.02. The van der Waals surface area contributed by atoms with Gasteiger partial charge >= 0.3 is 0 Å². The first-order valence-corrected chi connectivity index (χ1v) is 9.25. The topological polar surface area (TPSA) is 87.5 Å². The van der Waals surface area contributed by atoms with E-state index < -0.39 is 5.91 Å². The molecule has 2 N–H and O–H groups in total. The van der Waals surface area contributed by atoms with Gasteiger partial charge in [0.1, 0.15) is 0 Å². The van der Waals surface area contributed by atoms with E-state index >= 15 is 0 Å². The summed E-state index contributed by atoms with van der Waals surface area (Å²) in [5.74, 6) is -0.123. The third-order valence-corrected chi connectivity index (χ3v) is 5.31. The Labute approximate surface area is 159 Å². The summed E-state index contributed by atoms with van der Waals surface area (Å²) in [6.07, 6.45) is 4.52. The van der Waals surface area contributed by atoms with E-state index in [2.05, 4.69) is 20.7 Å². The molecule has 1 aliphatic rings. The van der Waals surface area contributed by atoms with Gasteiger partial charge in [0.05, 0.1) is 6.54 Å². The molecule has 7 heteroatoms. The molecule has 0 saturated heterocycles. The number of nitrogens with one attached hydrogen (secondary N) is 2. The van der Waals surface area contributed by atoms with Crippen molar-refractivity contribution in [3.8, 4) is 11.3 Å². The summed E-state index contributed by atoms with van der Waals surface area (Å²) in [5, 5.41) is 9.33. The summed E-state index contributed by atoms with van der Waals surface area (Å²) < 4.78 is 5.22. The zero-order chi connectivity index (χ0) is 19.3. The van der Waals surface area contributed by atoms with Crippen molar-refractivity contribution in [3.63, 3.8) is 0 Å². The zero-order valence-corrected chi connectivity index (χ0v) is 15.8. The van der Waals surface area contributed by atoms with E-state index in [-0.39, 0.29) is 23.7 Å². The lowest BCUT2D eigenvalue weighted by Crippen LogP contribution is -2.52. The van der Waals surface area contributed by atoms with Crippen molar-refractivity contribution in [1.29, 1.82) is 0 Å². The molecule has 1 aromatic heterocycles. The minimum Gasteiger partial charge on any atom is -0.355 e. The summed E-state index contributed by atoms with van der Waals surface area (Å²) >= 11 is 0. The van der Waals surface area contributed by atoms with Crippen molar-refractivity contribution in [3.05, 3.63) is 42.1 Å². The van der Waals surface area contributed by atoms with Gasteiger partial charge in [-0.1, -0.05) is 48.3 Å². The molecular weight excluding hydrogens is 344 g/mol. The van der Waals surface area contributed by atoms with Crippen molar-refractivity contribution >= 4 is 11.8 Å². The van der Waals surface area contributed by atoms with E-state index in [0.29, 0.717) is 12.3 Å². The highest BCUT2D eigenvalue weighted by Crippen LogP contribution is 2.33. The van der Waals surface area contributed by atoms with Crippen LogP contribution in [-0.4, -0.2) is 54.6 Å². The summed E-state index contributed by atoms with van der Waals surface area (Å²) in [4.78, 5) is 26.5. The Hall–Kier alpha value is -2.67. The van der Waals surface area contributed by atoms with Crippen molar-refractivity contribution in [2.45, 2.75) is 31.2 Å². The van der Waals surface area contributed by atoms with Crippen LogP contribution in [0.4, 0.5) is 0 Å². The maximum Gasteiger partial charge on any atom is 0.273 e. The van der Waals surface area contributed by atoms with Crippen LogP contribution in [0.5, 0.6) is 0 Å². The van der Waals surface area contributed by atoms with E-state index in [9.17, 15) is 9.59 Å². The Kier molecular flexibility index (Phi) is 5.91. The van der Waals surface area contributed by atoms with Crippen LogP contribution < -0.4 is 10.6 Å². The quantitative estimate of drug-likeness (QED) is 0.779. The van der Waals surface area contributed by atoms with Gasteiger partial charge in [-0.2, -0.15) is 0 Å². The highest BCUT2D eigenvalue weighted by Gasteiger charge is 2.36. The van der Waals surface area contributed by atoms with Gasteiger partial charge in [0.25, 0.3) is 5.91 Å².